The highest BCUT2D eigenvalue weighted by Crippen LogP contribution is 2.16. The van der Waals surface area contributed by atoms with E-state index < -0.39 is 6.04 Å². The molecule has 188 valence electrons. The predicted octanol–water partition coefficient (Wildman–Crippen LogP) is 2.90. The number of nitrogens with zero attached hydrogens (tertiary/aromatic N) is 3. The SMILES string of the molecule is CC(C)CC(NC(=O)c1ccc(N(C)C)cc1)C(=O)N1CCCN(C(=O)c2cccs2)CC(=O)C1. The van der Waals surface area contributed by atoms with Crippen molar-refractivity contribution in [2.75, 3.05) is 45.2 Å². The van der Waals surface area contributed by atoms with E-state index in [1.807, 2.05) is 56.4 Å². The Morgan fingerprint density at radius 1 is 1.03 bits per heavy atom. The molecule has 1 aromatic carbocycles. The summed E-state index contributed by atoms with van der Waals surface area (Å²) in [5.74, 6) is -0.760. The highest BCUT2D eigenvalue weighted by Gasteiger charge is 2.31. The van der Waals surface area contributed by atoms with Crippen LogP contribution in [0, 0.1) is 5.92 Å². The zero-order valence-corrected chi connectivity index (χ0v) is 21.6. The average Bonchev–Trinajstić information content (AvgIpc) is 3.34. The van der Waals surface area contributed by atoms with Crippen LogP contribution in [0.4, 0.5) is 5.69 Å². The van der Waals surface area contributed by atoms with Crippen molar-refractivity contribution in [1.29, 1.82) is 0 Å². The molecule has 0 bridgehead atoms. The minimum Gasteiger partial charge on any atom is -0.378 e. The van der Waals surface area contributed by atoms with Crippen LogP contribution in [0.3, 0.4) is 0 Å². The lowest BCUT2D eigenvalue weighted by molar-refractivity contribution is -0.138. The molecule has 9 heteroatoms. The quantitative estimate of drug-likeness (QED) is 0.634. The third-order valence-electron chi connectivity index (χ3n) is 5.88. The Balaban J connectivity index is 1.67. The molecule has 2 heterocycles. The van der Waals surface area contributed by atoms with Gasteiger partial charge in [0.1, 0.15) is 6.04 Å². The average molecular weight is 499 g/mol. The number of hydrogen-bond acceptors (Lipinski definition) is 6. The van der Waals surface area contributed by atoms with E-state index >= 15 is 0 Å². The summed E-state index contributed by atoms with van der Waals surface area (Å²) in [5.41, 5.74) is 1.45. The van der Waals surface area contributed by atoms with Gasteiger partial charge in [0.25, 0.3) is 11.8 Å². The van der Waals surface area contributed by atoms with Crippen molar-refractivity contribution in [2.24, 2.45) is 5.92 Å². The summed E-state index contributed by atoms with van der Waals surface area (Å²) in [6, 6.07) is 10.0. The van der Waals surface area contributed by atoms with Gasteiger partial charge in [-0.15, -0.1) is 11.3 Å². The van der Waals surface area contributed by atoms with E-state index in [-0.39, 0.29) is 42.5 Å². The third kappa shape index (κ3) is 7.14. The number of Topliss-reactive ketones (excluding diaryl/α,β-unsaturated/α-hetero) is 1. The molecule has 1 N–H and O–H groups in total. The zero-order valence-electron chi connectivity index (χ0n) is 20.8. The highest BCUT2D eigenvalue weighted by atomic mass is 32.1. The normalized spacial score (nSPS) is 15.4. The van der Waals surface area contributed by atoms with E-state index in [2.05, 4.69) is 5.32 Å². The van der Waals surface area contributed by atoms with E-state index in [1.54, 1.807) is 23.1 Å². The van der Waals surface area contributed by atoms with Crippen molar-refractivity contribution >= 4 is 40.5 Å². The second-order valence-electron chi connectivity index (χ2n) is 9.45. The van der Waals surface area contributed by atoms with Crippen LogP contribution in [0.5, 0.6) is 0 Å². The molecule has 1 aliphatic heterocycles. The van der Waals surface area contributed by atoms with Crippen molar-refractivity contribution in [3.8, 4) is 0 Å². The minimum absolute atomic E-state index is 0.0278. The molecule has 1 saturated heterocycles. The lowest BCUT2D eigenvalue weighted by atomic mass is 10.0. The molecule has 8 nitrogen and oxygen atoms in total. The van der Waals surface area contributed by atoms with Gasteiger partial charge in [-0.2, -0.15) is 0 Å². The number of anilines is 1. The van der Waals surface area contributed by atoms with Crippen molar-refractivity contribution in [2.45, 2.75) is 32.7 Å². The van der Waals surface area contributed by atoms with Gasteiger partial charge in [0, 0.05) is 38.4 Å². The number of hydrogen-bond donors (Lipinski definition) is 1. The molecule has 1 fully saturated rings. The van der Waals surface area contributed by atoms with Crippen molar-refractivity contribution in [3.05, 3.63) is 52.2 Å². The van der Waals surface area contributed by atoms with E-state index in [9.17, 15) is 19.2 Å². The third-order valence-corrected chi connectivity index (χ3v) is 6.74. The number of rotatable bonds is 7. The lowest BCUT2D eigenvalue weighted by Crippen LogP contribution is -2.53. The van der Waals surface area contributed by atoms with Gasteiger partial charge >= 0.3 is 0 Å². The highest BCUT2D eigenvalue weighted by molar-refractivity contribution is 7.12. The molecule has 1 aromatic heterocycles. The van der Waals surface area contributed by atoms with Crippen LogP contribution < -0.4 is 10.2 Å². The smallest absolute Gasteiger partial charge is 0.264 e. The summed E-state index contributed by atoms with van der Waals surface area (Å²) in [4.78, 5) is 57.4. The number of thiophene rings is 1. The van der Waals surface area contributed by atoms with Gasteiger partial charge in [-0.05, 0) is 54.5 Å². The Kier molecular flexibility index (Phi) is 9.03. The van der Waals surface area contributed by atoms with Crippen LogP contribution in [0.1, 0.15) is 46.7 Å². The molecular formula is C26H34N4O4S. The maximum Gasteiger partial charge on any atom is 0.264 e. The summed E-state index contributed by atoms with van der Waals surface area (Å²) in [7, 11) is 3.85. The first kappa shape index (κ1) is 26.4. The Morgan fingerprint density at radius 2 is 1.69 bits per heavy atom. The molecule has 1 aliphatic rings. The molecule has 2 aromatic rings. The summed E-state index contributed by atoms with van der Waals surface area (Å²) in [6.45, 7) is 4.62. The molecule has 0 saturated carbocycles. The maximum atomic E-state index is 13.4. The van der Waals surface area contributed by atoms with Gasteiger partial charge in [0.2, 0.25) is 5.91 Å². The van der Waals surface area contributed by atoms with Crippen molar-refractivity contribution in [1.82, 2.24) is 15.1 Å². The first-order valence-corrected chi connectivity index (χ1v) is 12.7. The molecule has 0 spiro atoms. The Bertz CT molecular complexity index is 1030. The minimum atomic E-state index is -0.730. The van der Waals surface area contributed by atoms with Gasteiger partial charge in [-0.3, -0.25) is 19.2 Å². The largest absolute Gasteiger partial charge is 0.378 e. The topological polar surface area (TPSA) is 90.0 Å². The second kappa shape index (κ2) is 12.0. The number of carbonyl (C=O) groups excluding carboxylic acids is 4. The van der Waals surface area contributed by atoms with Gasteiger partial charge in [-0.25, -0.2) is 0 Å². The van der Waals surface area contributed by atoms with Crippen molar-refractivity contribution < 1.29 is 19.2 Å². The lowest BCUT2D eigenvalue weighted by Gasteiger charge is -2.32. The summed E-state index contributed by atoms with van der Waals surface area (Å²) in [5, 5.41) is 4.72. The number of ketones is 1. The molecule has 1 atom stereocenters. The first-order valence-electron chi connectivity index (χ1n) is 11.9. The van der Waals surface area contributed by atoms with E-state index in [4.69, 9.17) is 0 Å². The molecule has 0 aliphatic carbocycles. The monoisotopic (exact) mass is 498 g/mol. The number of nitrogens with one attached hydrogen (secondary N) is 1. The predicted molar refractivity (Wildman–Crippen MR) is 138 cm³/mol. The first-order chi connectivity index (χ1) is 16.7. The molecular weight excluding hydrogens is 464 g/mol. The molecule has 1 unspecified atom stereocenters. The fraction of sp³-hybridized carbons (Fsp3) is 0.462. The fourth-order valence-corrected chi connectivity index (χ4v) is 4.76. The second-order valence-corrected chi connectivity index (χ2v) is 10.4. The van der Waals surface area contributed by atoms with E-state index in [1.165, 1.54) is 16.2 Å². The van der Waals surface area contributed by atoms with Crippen LogP contribution in [0.15, 0.2) is 41.8 Å². The molecule has 3 rings (SSSR count). The van der Waals surface area contributed by atoms with Crippen LogP contribution in [0.25, 0.3) is 0 Å². The number of amides is 3. The standard InChI is InChI=1S/C26H34N4O4S/c1-18(2)15-22(27-24(32)19-8-10-20(11-9-19)28(3)4)25(33)29-12-6-13-30(17-21(31)16-29)26(34)23-7-5-14-35-23/h5,7-11,14,18,22H,6,12-13,15-17H2,1-4H3,(H,27,32). The fourth-order valence-electron chi connectivity index (χ4n) is 4.07. The maximum absolute atomic E-state index is 13.4. The summed E-state index contributed by atoms with van der Waals surface area (Å²) >= 11 is 1.35. The van der Waals surface area contributed by atoms with E-state index in [0.717, 1.165) is 5.69 Å². The van der Waals surface area contributed by atoms with Gasteiger partial charge in [-0.1, -0.05) is 19.9 Å². The Morgan fingerprint density at radius 3 is 2.29 bits per heavy atom. The Hall–Kier alpha value is -3.20. The van der Waals surface area contributed by atoms with Gasteiger partial charge < -0.3 is 20.0 Å². The zero-order chi connectivity index (χ0) is 25.5. The summed E-state index contributed by atoms with van der Waals surface area (Å²) < 4.78 is 0. The molecule has 35 heavy (non-hydrogen) atoms. The van der Waals surface area contributed by atoms with Crippen LogP contribution in [-0.4, -0.2) is 79.6 Å². The van der Waals surface area contributed by atoms with E-state index in [0.29, 0.717) is 36.4 Å². The number of carbonyl (C=O) groups is 4. The van der Waals surface area contributed by atoms with Crippen LogP contribution in [-0.2, 0) is 9.59 Å². The van der Waals surface area contributed by atoms with Gasteiger partial charge in [0.15, 0.2) is 5.78 Å². The van der Waals surface area contributed by atoms with Gasteiger partial charge in [0.05, 0.1) is 18.0 Å². The summed E-state index contributed by atoms with van der Waals surface area (Å²) in [6.07, 6.45) is 1.03. The Labute approximate surface area is 210 Å². The number of benzene rings is 1. The van der Waals surface area contributed by atoms with Crippen molar-refractivity contribution in [3.63, 3.8) is 0 Å². The van der Waals surface area contributed by atoms with Crippen LogP contribution in [0.2, 0.25) is 0 Å². The molecule has 0 radical (unpaired) electrons. The molecule has 3 amide bonds. The van der Waals surface area contributed by atoms with Crippen LogP contribution >= 0.6 is 11.3 Å².